The van der Waals surface area contributed by atoms with Gasteiger partial charge in [-0.1, -0.05) is 22.0 Å². The molecule has 0 saturated heterocycles. The fourth-order valence-corrected chi connectivity index (χ4v) is 2.93. The molecule has 0 spiro atoms. The largest absolute Gasteiger partial charge is 0.350 e. The molecule has 1 aliphatic carbocycles. The maximum absolute atomic E-state index is 11.2. The molecule has 2 aromatic rings. The number of carbonyl (C=O) groups excluding carboxylic acids is 1. The van der Waals surface area contributed by atoms with Crippen molar-refractivity contribution in [3.63, 3.8) is 0 Å². The molecule has 0 unspecified atom stereocenters. The first kappa shape index (κ1) is 10.1. The Hall–Kier alpha value is -1.09. The molecule has 1 aromatic carbocycles. The number of hydrogen-bond donors (Lipinski definition) is 0. The van der Waals surface area contributed by atoms with Gasteiger partial charge in [-0.3, -0.25) is 0 Å². The van der Waals surface area contributed by atoms with E-state index in [2.05, 4.69) is 32.8 Å². The molecule has 1 heterocycles. The van der Waals surface area contributed by atoms with E-state index in [1.54, 1.807) is 0 Å². The highest BCUT2D eigenvalue weighted by molar-refractivity contribution is 9.10. The van der Waals surface area contributed by atoms with Crippen molar-refractivity contribution in [3.8, 4) is 0 Å². The Kier molecular flexibility index (Phi) is 2.02. The summed E-state index contributed by atoms with van der Waals surface area (Å²) >= 11 is 3.58. The quantitative estimate of drug-likeness (QED) is 0.773. The standard InChI is InChI=1S/C13H12BrNO/c1-15-7-9(13(8-16)5-6-13)12-10(14)3-2-4-11(12)15/h2-4,7-8H,5-6H2,1H3. The fourth-order valence-electron chi connectivity index (χ4n) is 2.36. The van der Waals surface area contributed by atoms with E-state index in [0.29, 0.717) is 0 Å². The third-order valence-electron chi connectivity index (χ3n) is 3.51. The summed E-state index contributed by atoms with van der Waals surface area (Å²) in [5, 5.41) is 1.19. The van der Waals surface area contributed by atoms with E-state index in [1.807, 2.05) is 19.2 Å². The van der Waals surface area contributed by atoms with Crippen molar-refractivity contribution < 1.29 is 4.79 Å². The summed E-state index contributed by atoms with van der Waals surface area (Å²) in [4.78, 5) is 11.2. The Morgan fingerprint density at radius 2 is 2.19 bits per heavy atom. The van der Waals surface area contributed by atoms with Crippen molar-refractivity contribution in [2.24, 2.45) is 7.05 Å². The molecule has 16 heavy (non-hydrogen) atoms. The van der Waals surface area contributed by atoms with Gasteiger partial charge in [0.1, 0.15) is 6.29 Å². The predicted molar refractivity (Wildman–Crippen MR) is 67.6 cm³/mol. The molecular formula is C13H12BrNO. The van der Waals surface area contributed by atoms with E-state index < -0.39 is 0 Å². The second-order valence-electron chi connectivity index (χ2n) is 4.56. The lowest BCUT2D eigenvalue weighted by atomic mass is 9.97. The first-order valence-electron chi connectivity index (χ1n) is 5.38. The predicted octanol–water partition coefficient (Wildman–Crippen LogP) is 3.17. The maximum Gasteiger partial charge on any atom is 0.130 e. The number of fused-ring (bicyclic) bond motifs is 1. The Bertz CT molecular complexity index is 581. The average Bonchev–Trinajstić information content (AvgIpc) is 3.00. The first-order valence-corrected chi connectivity index (χ1v) is 6.18. The molecule has 1 fully saturated rings. The third kappa shape index (κ3) is 1.21. The van der Waals surface area contributed by atoms with Crippen molar-refractivity contribution in [2.45, 2.75) is 18.3 Å². The Labute approximate surface area is 102 Å². The molecule has 0 aliphatic heterocycles. The molecular weight excluding hydrogens is 266 g/mol. The van der Waals surface area contributed by atoms with Crippen LogP contribution in [0.25, 0.3) is 10.9 Å². The smallest absolute Gasteiger partial charge is 0.130 e. The minimum atomic E-state index is -0.205. The van der Waals surface area contributed by atoms with E-state index in [4.69, 9.17) is 0 Å². The van der Waals surface area contributed by atoms with Crippen LogP contribution >= 0.6 is 15.9 Å². The summed E-state index contributed by atoms with van der Waals surface area (Å²) in [6, 6.07) is 6.15. The summed E-state index contributed by atoms with van der Waals surface area (Å²) in [5.74, 6) is 0. The first-order chi connectivity index (χ1) is 7.68. The molecule has 1 aliphatic rings. The van der Waals surface area contributed by atoms with E-state index in [1.165, 1.54) is 16.5 Å². The Morgan fingerprint density at radius 1 is 1.44 bits per heavy atom. The molecule has 3 heteroatoms. The van der Waals surface area contributed by atoms with Gasteiger partial charge >= 0.3 is 0 Å². The molecule has 1 aromatic heterocycles. The number of hydrogen-bond acceptors (Lipinski definition) is 1. The second-order valence-corrected chi connectivity index (χ2v) is 5.42. The molecule has 0 N–H and O–H groups in total. The highest BCUT2D eigenvalue weighted by Gasteiger charge is 2.46. The van der Waals surface area contributed by atoms with Crippen LogP contribution in [0.2, 0.25) is 0 Å². The van der Waals surface area contributed by atoms with Gasteiger partial charge < -0.3 is 9.36 Å². The van der Waals surface area contributed by atoms with Gasteiger partial charge in [0, 0.05) is 28.6 Å². The van der Waals surface area contributed by atoms with Gasteiger partial charge in [-0.2, -0.15) is 0 Å². The van der Waals surface area contributed by atoms with Crippen molar-refractivity contribution in [1.82, 2.24) is 4.57 Å². The van der Waals surface area contributed by atoms with Gasteiger partial charge in [0.05, 0.1) is 5.41 Å². The zero-order valence-corrected chi connectivity index (χ0v) is 10.6. The highest BCUT2D eigenvalue weighted by Crippen LogP contribution is 2.50. The van der Waals surface area contributed by atoms with E-state index >= 15 is 0 Å². The number of aromatic nitrogens is 1. The minimum Gasteiger partial charge on any atom is -0.350 e. The van der Waals surface area contributed by atoms with Crippen LogP contribution in [0, 0.1) is 0 Å². The lowest BCUT2D eigenvalue weighted by Crippen LogP contribution is -2.06. The molecule has 2 nitrogen and oxygen atoms in total. The monoisotopic (exact) mass is 277 g/mol. The lowest BCUT2D eigenvalue weighted by molar-refractivity contribution is -0.109. The van der Waals surface area contributed by atoms with Gasteiger partial charge in [-0.05, 0) is 30.5 Å². The summed E-state index contributed by atoms with van der Waals surface area (Å²) in [5.41, 5.74) is 2.15. The van der Waals surface area contributed by atoms with Crippen LogP contribution in [0.3, 0.4) is 0 Å². The molecule has 82 valence electrons. The molecule has 3 rings (SSSR count). The molecule has 0 amide bonds. The topological polar surface area (TPSA) is 22.0 Å². The summed E-state index contributed by atoms with van der Waals surface area (Å²) < 4.78 is 3.17. The number of carbonyl (C=O) groups is 1. The zero-order chi connectivity index (χ0) is 11.3. The van der Waals surface area contributed by atoms with Gasteiger partial charge in [-0.15, -0.1) is 0 Å². The number of aldehydes is 1. The molecule has 1 saturated carbocycles. The van der Waals surface area contributed by atoms with Crippen molar-refractivity contribution in [2.75, 3.05) is 0 Å². The summed E-state index contributed by atoms with van der Waals surface area (Å²) in [6.07, 6.45) is 5.17. The van der Waals surface area contributed by atoms with Crippen LogP contribution in [-0.4, -0.2) is 10.9 Å². The van der Waals surface area contributed by atoms with Crippen LogP contribution in [0.4, 0.5) is 0 Å². The van der Waals surface area contributed by atoms with E-state index in [0.717, 1.165) is 23.6 Å². The molecule has 0 radical (unpaired) electrons. The number of rotatable bonds is 2. The average molecular weight is 278 g/mol. The number of aryl methyl sites for hydroxylation is 1. The lowest BCUT2D eigenvalue weighted by Gasteiger charge is -2.05. The van der Waals surface area contributed by atoms with Crippen LogP contribution in [0.1, 0.15) is 18.4 Å². The fraction of sp³-hybridized carbons (Fsp3) is 0.308. The SMILES string of the molecule is Cn1cc(C2(C=O)CC2)c2c(Br)cccc21. The summed E-state index contributed by atoms with van der Waals surface area (Å²) in [7, 11) is 2.03. The normalized spacial score (nSPS) is 17.6. The second kappa shape index (κ2) is 3.20. The number of benzene rings is 1. The van der Waals surface area contributed by atoms with Gasteiger partial charge in [-0.25, -0.2) is 0 Å². The molecule has 0 bridgehead atoms. The van der Waals surface area contributed by atoms with Crippen LogP contribution in [-0.2, 0) is 17.3 Å². The Balaban J connectivity index is 2.38. The van der Waals surface area contributed by atoms with E-state index in [-0.39, 0.29) is 5.41 Å². The minimum absolute atomic E-state index is 0.205. The van der Waals surface area contributed by atoms with Gasteiger partial charge in [0.2, 0.25) is 0 Å². The van der Waals surface area contributed by atoms with Gasteiger partial charge in [0.25, 0.3) is 0 Å². The van der Waals surface area contributed by atoms with Crippen LogP contribution < -0.4 is 0 Å². The van der Waals surface area contributed by atoms with E-state index in [9.17, 15) is 4.79 Å². The maximum atomic E-state index is 11.2. The van der Waals surface area contributed by atoms with Crippen LogP contribution in [0.5, 0.6) is 0 Å². The third-order valence-corrected chi connectivity index (χ3v) is 4.18. The van der Waals surface area contributed by atoms with Crippen molar-refractivity contribution in [3.05, 3.63) is 34.4 Å². The van der Waals surface area contributed by atoms with Gasteiger partial charge in [0.15, 0.2) is 0 Å². The highest BCUT2D eigenvalue weighted by atomic mass is 79.9. The number of nitrogens with zero attached hydrogens (tertiary/aromatic N) is 1. The van der Waals surface area contributed by atoms with Crippen molar-refractivity contribution in [1.29, 1.82) is 0 Å². The van der Waals surface area contributed by atoms with Crippen LogP contribution in [0.15, 0.2) is 28.9 Å². The van der Waals surface area contributed by atoms with Crippen molar-refractivity contribution >= 4 is 33.1 Å². The molecule has 0 atom stereocenters. The summed E-state index contributed by atoms with van der Waals surface area (Å²) in [6.45, 7) is 0. The Morgan fingerprint density at radius 3 is 2.81 bits per heavy atom. The zero-order valence-electron chi connectivity index (χ0n) is 9.03. The number of halogens is 1.